The van der Waals surface area contributed by atoms with E-state index in [2.05, 4.69) is 0 Å². The number of rotatable bonds is 2. The summed E-state index contributed by atoms with van der Waals surface area (Å²) in [6, 6.07) is 12.7. The Bertz CT molecular complexity index is 752. The normalized spacial score (nSPS) is 12.1. The maximum Gasteiger partial charge on any atom is 0.126 e. The average Bonchev–Trinajstić information content (AvgIpc) is 2.46. The molecule has 0 fully saturated rings. The summed E-state index contributed by atoms with van der Waals surface area (Å²) < 4.78 is 0. The molecule has 0 atom stereocenters. The Morgan fingerprint density at radius 2 is 1.65 bits per heavy atom. The lowest BCUT2D eigenvalue weighted by atomic mass is 10.1. The molecule has 0 aliphatic rings. The Morgan fingerprint density at radius 3 is 2.20 bits per heavy atom. The zero-order valence-corrected chi connectivity index (χ0v) is 11.9. The highest BCUT2D eigenvalue weighted by atomic mass is 32.2. The largest absolute Gasteiger partial charge is 0.507 e. The SMILES string of the molecule is CSc1ccc(/C(N)=c2\ccccc2=C(N)N)c(O)c1. The maximum atomic E-state index is 10.1. The molecule has 7 N–H and O–H groups in total. The molecular formula is C15H17N3OS. The number of thioether (sulfide) groups is 1. The van der Waals surface area contributed by atoms with Crippen molar-refractivity contribution in [2.24, 2.45) is 17.2 Å². The first-order valence-electron chi connectivity index (χ1n) is 6.02. The van der Waals surface area contributed by atoms with E-state index in [1.165, 1.54) is 0 Å². The van der Waals surface area contributed by atoms with Gasteiger partial charge >= 0.3 is 0 Å². The van der Waals surface area contributed by atoms with Crippen molar-refractivity contribution in [1.29, 1.82) is 0 Å². The quantitative estimate of drug-likeness (QED) is 0.592. The monoisotopic (exact) mass is 287 g/mol. The smallest absolute Gasteiger partial charge is 0.126 e. The molecule has 0 aliphatic heterocycles. The van der Waals surface area contributed by atoms with Gasteiger partial charge in [-0.1, -0.05) is 24.3 Å². The molecule has 0 aliphatic carbocycles. The van der Waals surface area contributed by atoms with Crippen LogP contribution in [0.3, 0.4) is 0 Å². The second kappa shape index (κ2) is 5.79. The average molecular weight is 287 g/mol. The van der Waals surface area contributed by atoms with Crippen LogP contribution in [0.5, 0.6) is 5.75 Å². The van der Waals surface area contributed by atoms with Gasteiger partial charge in [-0.15, -0.1) is 11.8 Å². The molecular weight excluding hydrogens is 270 g/mol. The molecule has 20 heavy (non-hydrogen) atoms. The lowest BCUT2D eigenvalue weighted by Crippen LogP contribution is -2.36. The van der Waals surface area contributed by atoms with Crippen LogP contribution in [0.15, 0.2) is 47.4 Å². The summed E-state index contributed by atoms with van der Waals surface area (Å²) in [5.41, 5.74) is 18.5. The second-order valence-corrected chi connectivity index (χ2v) is 5.18. The van der Waals surface area contributed by atoms with Crippen LogP contribution in [-0.2, 0) is 0 Å². The van der Waals surface area contributed by atoms with Crippen molar-refractivity contribution in [2.75, 3.05) is 6.26 Å². The van der Waals surface area contributed by atoms with E-state index in [-0.39, 0.29) is 11.6 Å². The van der Waals surface area contributed by atoms with Crippen molar-refractivity contribution in [1.82, 2.24) is 0 Å². The summed E-state index contributed by atoms with van der Waals surface area (Å²) in [4.78, 5) is 0.970. The number of benzene rings is 2. The predicted molar refractivity (Wildman–Crippen MR) is 84.1 cm³/mol. The first kappa shape index (κ1) is 14.1. The molecule has 5 heteroatoms. The molecule has 0 unspecified atom stereocenters. The predicted octanol–water partition coefficient (Wildman–Crippen LogP) is 0.212. The lowest BCUT2D eigenvalue weighted by molar-refractivity contribution is 0.472. The van der Waals surface area contributed by atoms with E-state index in [9.17, 15) is 5.11 Å². The minimum atomic E-state index is 0.139. The van der Waals surface area contributed by atoms with Gasteiger partial charge in [-0.25, -0.2) is 0 Å². The highest BCUT2D eigenvalue weighted by molar-refractivity contribution is 7.98. The first-order valence-corrected chi connectivity index (χ1v) is 7.24. The fourth-order valence-corrected chi connectivity index (χ4v) is 2.41. The van der Waals surface area contributed by atoms with E-state index in [0.29, 0.717) is 21.7 Å². The van der Waals surface area contributed by atoms with Gasteiger partial charge in [0.15, 0.2) is 0 Å². The second-order valence-electron chi connectivity index (χ2n) is 4.30. The number of nitrogens with two attached hydrogens (primary N) is 3. The molecule has 0 saturated carbocycles. The van der Waals surface area contributed by atoms with E-state index in [1.54, 1.807) is 30.0 Å². The zero-order valence-electron chi connectivity index (χ0n) is 11.1. The molecule has 4 nitrogen and oxygen atoms in total. The summed E-state index contributed by atoms with van der Waals surface area (Å²) in [7, 11) is 0. The van der Waals surface area contributed by atoms with Crippen molar-refractivity contribution in [3.05, 3.63) is 58.5 Å². The van der Waals surface area contributed by atoms with E-state index in [0.717, 1.165) is 4.90 Å². The number of phenolic OH excluding ortho intramolecular Hbond substituents is 1. The van der Waals surface area contributed by atoms with Crippen LogP contribution < -0.4 is 27.6 Å². The molecule has 0 amide bonds. The van der Waals surface area contributed by atoms with Crippen LogP contribution in [0.25, 0.3) is 11.5 Å². The molecule has 2 aromatic rings. The number of hydrogen-bond acceptors (Lipinski definition) is 5. The Balaban J connectivity index is 2.77. The van der Waals surface area contributed by atoms with Gasteiger partial charge in [0.05, 0.1) is 5.70 Å². The van der Waals surface area contributed by atoms with Crippen molar-refractivity contribution in [2.45, 2.75) is 4.90 Å². The summed E-state index contributed by atoms with van der Waals surface area (Å²) in [6.45, 7) is 0. The van der Waals surface area contributed by atoms with Gasteiger partial charge < -0.3 is 22.3 Å². The van der Waals surface area contributed by atoms with Gasteiger partial charge in [0.25, 0.3) is 0 Å². The molecule has 0 bridgehead atoms. The standard InChI is InChI=1S/C15H17N3OS/c1-20-9-6-7-12(13(19)8-9)14(16)10-4-2-3-5-11(10)15(17)18/h2-8,19H,16-18H2,1H3/b14-10-. The minimum Gasteiger partial charge on any atom is -0.507 e. The number of phenols is 1. The zero-order chi connectivity index (χ0) is 14.7. The van der Waals surface area contributed by atoms with Gasteiger partial charge in [-0.2, -0.15) is 0 Å². The van der Waals surface area contributed by atoms with Gasteiger partial charge in [0, 0.05) is 20.9 Å². The first-order chi connectivity index (χ1) is 9.54. The Hall–Kier alpha value is -2.27. The molecule has 2 aromatic carbocycles. The third-order valence-electron chi connectivity index (χ3n) is 3.02. The van der Waals surface area contributed by atoms with E-state index < -0.39 is 0 Å². The topological polar surface area (TPSA) is 98.3 Å². The molecule has 0 spiro atoms. The van der Waals surface area contributed by atoms with Crippen LogP contribution in [0.1, 0.15) is 5.56 Å². The van der Waals surface area contributed by atoms with Crippen molar-refractivity contribution >= 4 is 23.3 Å². The van der Waals surface area contributed by atoms with Gasteiger partial charge in [0.1, 0.15) is 11.6 Å². The highest BCUT2D eigenvalue weighted by Crippen LogP contribution is 2.26. The fourth-order valence-electron chi connectivity index (χ4n) is 1.98. The maximum absolute atomic E-state index is 10.1. The van der Waals surface area contributed by atoms with Crippen LogP contribution in [0.2, 0.25) is 0 Å². The molecule has 0 heterocycles. The Kier molecular flexibility index (Phi) is 4.10. The Labute approximate surface area is 121 Å². The minimum absolute atomic E-state index is 0.139. The number of aromatic hydroxyl groups is 1. The van der Waals surface area contributed by atoms with Crippen LogP contribution in [0, 0.1) is 0 Å². The van der Waals surface area contributed by atoms with Crippen molar-refractivity contribution in [3.63, 3.8) is 0 Å². The fraction of sp³-hybridized carbons (Fsp3) is 0.0667. The highest BCUT2D eigenvalue weighted by Gasteiger charge is 2.06. The lowest BCUT2D eigenvalue weighted by Gasteiger charge is -2.07. The van der Waals surface area contributed by atoms with Gasteiger partial charge in [-0.05, 0) is 24.5 Å². The van der Waals surface area contributed by atoms with Crippen LogP contribution in [0.4, 0.5) is 0 Å². The van der Waals surface area contributed by atoms with Crippen molar-refractivity contribution in [3.8, 4) is 5.75 Å². The molecule has 0 aromatic heterocycles. The van der Waals surface area contributed by atoms with Crippen LogP contribution >= 0.6 is 11.8 Å². The third kappa shape index (κ3) is 2.67. The molecule has 2 rings (SSSR count). The van der Waals surface area contributed by atoms with Gasteiger partial charge in [-0.3, -0.25) is 0 Å². The summed E-state index contributed by atoms with van der Waals surface area (Å²) in [5.74, 6) is 0.337. The van der Waals surface area contributed by atoms with Crippen LogP contribution in [-0.4, -0.2) is 11.4 Å². The molecule has 0 radical (unpaired) electrons. The summed E-state index contributed by atoms with van der Waals surface area (Å²) >= 11 is 1.55. The summed E-state index contributed by atoms with van der Waals surface area (Å²) in [5, 5.41) is 11.5. The Morgan fingerprint density at radius 1 is 1.00 bits per heavy atom. The number of hydrogen-bond donors (Lipinski definition) is 4. The summed E-state index contributed by atoms with van der Waals surface area (Å²) in [6.07, 6.45) is 1.95. The molecule has 104 valence electrons. The van der Waals surface area contributed by atoms with Crippen molar-refractivity contribution < 1.29 is 5.11 Å². The van der Waals surface area contributed by atoms with Gasteiger partial charge in [0.2, 0.25) is 0 Å². The van der Waals surface area contributed by atoms with E-state index >= 15 is 0 Å². The molecule has 0 saturated heterocycles. The van der Waals surface area contributed by atoms with E-state index in [4.69, 9.17) is 17.2 Å². The third-order valence-corrected chi connectivity index (χ3v) is 3.75. The van der Waals surface area contributed by atoms with E-state index in [1.807, 2.05) is 30.5 Å².